The van der Waals surface area contributed by atoms with Gasteiger partial charge in [0, 0.05) is 47.4 Å². The Labute approximate surface area is 197 Å². The zero-order chi connectivity index (χ0) is 23.4. The predicted octanol–water partition coefficient (Wildman–Crippen LogP) is 3.51. The smallest absolute Gasteiger partial charge is 0.311 e. The fourth-order valence-corrected chi connectivity index (χ4v) is 5.45. The van der Waals surface area contributed by atoms with Crippen LogP contribution in [0, 0.1) is 5.92 Å². The molecule has 2 aliphatic heterocycles. The highest BCUT2D eigenvalue weighted by molar-refractivity contribution is 7.84. The maximum atomic E-state index is 13.3. The molecule has 2 aromatic rings. The minimum absolute atomic E-state index is 0.0966. The Morgan fingerprint density at radius 2 is 1.82 bits per heavy atom. The number of hydrogen-bond acceptors (Lipinski definition) is 7. The largest absolute Gasteiger partial charge is 0.497 e. The normalized spacial score (nSPS) is 22.8. The van der Waals surface area contributed by atoms with E-state index in [1.807, 2.05) is 56.3 Å². The topological polar surface area (TPSA) is 74.3 Å². The molecule has 1 fully saturated rings. The number of methoxy groups -OCH3 is 1. The van der Waals surface area contributed by atoms with E-state index in [9.17, 15) is 9.00 Å². The van der Waals surface area contributed by atoms with Crippen molar-refractivity contribution in [1.82, 2.24) is 4.90 Å². The van der Waals surface area contributed by atoms with Crippen molar-refractivity contribution in [2.24, 2.45) is 5.92 Å². The van der Waals surface area contributed by atoms with E-state index in [-0.39, 0.29) is 24.7 Å². The molecular weight excluding hydrogens is 442 g/mol. The molecule has 178 valence electrons. The van der Waals surface area contributed by atoms with Crippen LogP contribution in [-0.2, 0) is 20.3 Å². The molecule has 0 bridgehead atoms. The van der Waals surface area contributed by atoms with E-state index in [1.165, 1.54) is 0 Å². The zero-order valence-electron chi connectivity index (χ0n) is 19.3. The van der Waals surface area contributed by atoms with Gasteiger partial charge in [-0.25, -0.2) is 0 Å². The molecule has 0 amide bonds. The molecule has 0 N–H and O–H groups in total. The van der Waals surface area contributed by atoms with Gasteiger partial charge in [-0.05, 0) is 42.3 Å². The summed E-state index contributed by atoms with van der Waals surface area (Å²) < 4.78 is 34.2. The molecule has 0 radical (unpaired) electrons. The van der Waals surface area contributed by atoms with Crippen LogP contribution >= 0.6 is 0 Å². The van der Waals surface area contributed by atoms with E-state index >= 15 is 0 Å². The van der Waals surface area contributed by atoms with Crippen molar-refractivity contribution in [3.05, 3.63) is 53.6 Å². The number of carbonyl (C=O) groups excluding carboxylic acids is 1. The number of fused-ring (bicyclic) bond motifs is 1. The van der Waals surface area contributed by atoms with Crippen molar-refractivity contribution in [3.8, 4) is 17.2 Å². The fraction of sp³-hybridized carbons (Fsp3) is 0.480. The van der Waals surface area contributed by atoms with E-state index < -0.39 is 16.7 Å². The van der Waals surface area contributed by atoms with Crippen molar-refractivity contribution >= 4 is 16.8 Å². The van der Waals surface area contributed by atoms with Crippen molar-refractivity contribution in [2.75, 3.05) is 45.1 Å². The van der Waals surface area contributed by atoms with Gasteiger partial charge < -0.3 is 18.9 Å². The highest BCUT2D eigenvalue weighted by atomic mass is 32.2. The molecule has 0 spiro atoms. The fourth-order valence-electron chi connectivity index (χ4n) is 4.73. The Morgan fingerprint density at radius 3 is 2.52 bits per heavy atom. The first kappa shape index (κ1) is 23.6. The molecule has 7 nitrogen and oxygen atoms in total. The third-order valence-electron chi connectivity index (χ3n) is 6.37. The molecule has 1 saturated heterocycles. The third kappa shape index (κ3) is 5.01. The summed E-state index contributed by atoms with van der Waals surface area (Å²) in [4.78, 5) is 15.6. The molecule has 33 heavy (non-hydrogen) atoms. The molecule has 4 rings (SSSR count). The Bertz CT molecular complexity index is 995. The van der Waals surface area contributed by atoms with Crippen LogP contribution < -0.4 is 14.2 Å². The van der Waals surface area contributed by atoms with Crippen molar-refractivity contribution in [3.63, 3.8) is 0 Å². The van der Waals surface area contributed by atoms with Gasteiger partial charge in [-0.2, -0.15) is 0 Å². The molecule has 1 unspecified atom stereocenters. The minimum atomic E-state index is -0.895. The van der Waals surface area contributed by atoms with Crippen LogP contribution in [0.1, 0.15) is 36.9 Å². The lowest BCUT2D eigenvalue weighted by atomic mass is 9.82. The summed E-state index contributed by atoms with van der Waals surface area (Å²) in [5.41, 5.74) is 2.02. The molecule has 0 aliphatic carbocycles. The summed E-state index contributed by atoms with van der Waals surface area (Å²) in [6.45, 7) is 5.56. The number of rotatable bonds is 9. The van der Waals surface area contributed by atoms with Gasteiger partial charge in [0.1, 0.15) is 5.75 Å². The summed E-state index contributed by atoms with van der Waals surface area (Å²) >= 11 is 0. The van der Waals surface area contributed by atoms with Crippen LogP contribution in [0.4, 0.5) is 0 Å². The second-order valence-electron chi connectivity index (χ2n) is 8.14. The van der Waals surface area contributed by atoms with Gasteiger partial charge in [0.25, 0.3) is 0 Å². The number of ether oxygens (including phenoxy) is 4. The van der Waals surface area contributed by atoms with Crippen LogP contribution in [0.2, 0.25) is 0 Å². The number of hydrogen-bond donors (Lipinski definition) is 0. The average Bonchev–Trinajstić information content (AvgIpc) is 3.46. The first-order valence-corrected chi connectivity index (χ1v) is 12.8. The first-order chi connectivity index (χ1) is 16.0. The van der Waals surface area contributed by atoms with Gasteiger partial charge >= 0.3 is 5.97 Å². The summed E-state index contributed by atoms with van der Waals surface area (Å²) in [6.07, 6.45) is 0. The van der Waals surface area contributed by atoms with E-state index in [0.29, 0.717) is 42.7 Å². The maximum absolute atomic E-state index is 13.3. The van der Waals surface area contributed by atoms with Crippen molar-refractivity contribution in [1.29, 1.82) is 0 Å². The van der Waals surface area contributed by atoms with E-state index in [0.717, 1.165) is 16.9 Å². The lowest BCUT2D eigenvalue weighted by Crippen LogP contribution is -2.32. The van der Waals surface area contributed by atoms with Crippen molar-refractivity contribution in [2.45, 2.75) is 25.8 Å². The minimum Gasteiger partial charge on any atom is -0.497 e. The monoisotopic (exact) mass is 473 g/mol. The first-order valence-electron chi connectivity index (χ1n) is 11.3. The number of likely N-dealkylation sites (tertiary alicyclic amines) is 1. The number of nitrogens with zero attached hydrogens (tertiary/aromatic N) is 1. The van der Waals surface area contributed by atoms with Gasteiger partial charge in [0.05, 0.1) is 19.6 Å². The zero-order valence-corrected chi connectivity index (χ0v) is 20.1. The lowest BCUT2D eigenvalue weighted by Gasteiger charge is -2.28. The Morgan fingerprint density at radius 1 is 1.09 bits per heavy atom. The molecule has 2 heterocycles. The lowest BCUT2D eigenvalue weighted by molar-refractivity contribution is -0.149. The van der Waals surface area contributed by atoms with E-state index in [1.54, 1.807) is 7.11 Å². The van der Waals surface area contributed by atoms with Gasteiger partial charge in [-0.15, -0.1) is 0 Å². The Hall–Kier alpha value is -2.58. The third-order valence-corrected chi connectivity index (χ3v) is 7.65. The SMILES string of the molecule is CCOC(=O)[C@@H]1[C@@H](c2ccc(OC)cc2)N(CCS(=O)CC)C[C@H]1c1ccc2c(c1)OCO2. The molecule has 2 aliphatic rings. The highest BCUT2D eigenvalue weighted by Gasteiger charge is 2.48. The van der Waals surface area contributed by atoms with Gasteiger partial charge in [0.15, 0.2) is 11.5 Å². The molecule has 4 atom stereocenters. The number of esters is 1. The van der Waals surface area contributed by atoms with E-state index in [4.69, 9.17) is 18.9 Å². The second kappa shape index (κ2) is 10.6. The quantitative estimate of drug-likeness (QED) is 0.516. The summed E-state index contributed by atoms with van der Waals surface area (Å²) in [5.74, 6) is 2.62. The van der Waals surface area contributed by atoms with Crippen LogP contribution in [-0.4, -0.2) is 60.2 Å². The summed E-state index contributed by atoms with van der Waals surface area (Å²) in [5, 5.41) is 0. The second-order valence-corrected chi connectivity index (χ2v) is 10.0. The molecule has 0 aromatic heterocycles. The summed E-state index contributed by atoms with van der Waals surface area (Å²) in [7, 11) is 0.738. The van der Waals surface area contributed by atoms with Gasteiger partial charge in [0.2, 0.25) is 6.79 Å². The maximum Gasteiger partial charge on any atom is 0.311 e. The molecule has 2 aromatic carbocycles. The van der Waals surface area contributed by atoms with Crippen LogP contribution in [0.5, 0.6) is 17.2 Å². The van der Waals surface area contributed by atoms with Crippen LogP contribution in [0.25, 0.3) is 0 Å². The Balaban J connectivity index is 1.73. The van der Waals surface area contributed by atoms with E-state index in [2.05, 4.69) is 4.90 Å². The van der Waals surface area contributed by atoms with Crippen molar-refractivity contribution < 1.29 is 28.0 Å². The molecular formula is C25H31NO6S. The highest BCUT2D eigenvalue weighted by Crippen LogP contribution is 2.48. The number of benzene rings is 2. The van der Waals surface area contributed by atoms with Crippen LogP contribution in [0.3, 0.4) is 0 Å². The predicted molar refractivity (Wildman–Crippen MR) is 126 cm³/mol. The van der Waals surface area contributed by atoms with Gasteiger partial charge in [-0.1, -0.05) is 25.1 Å². The number of carbonyl (C=O) groups is 1. The van der Waals surface area contributed by atoms with Crippen LogP contribution in [0.15, 0.2) is 42.5 Å². The Kier molecular flexibility index (Phi) is 7.55. The summed E-state index contributed by atoms with van der Waals surface area (Å²) in [6, 6.07) is 13.5. The van der Waals surface area contributed by atoms with Gasteiger partial charge in [-0.3, -0.25) is 13.9 Å². The average molecular weight is 474 g/mol. The standard InChI is InChI=1S/C25H31NO6S/c1-4-30-25(27)23-20(18-8-11-21-22(14-18)32-16-31-21)15-26(12-13-33(28)5-2)24(23)17-6-9-19(29-3)10-7-17/h6-11,14,20,23-24H,4-5,12-13,15-16H2,1-3H3/t20-,23-,24+,33?/m0/s1. The molecule has 8 heteroatoms. The molecule has 0 saturated carbocycles.